The Morgan fingerprint density at radius 1 is 1.47 bits per heavy atom. The van der Waals surface area contributed by atoms with Crippen LogP contribution in [0.2, 0.25) is 0 Å². The van der Waals surface area contributed by atoms with Gasteiger partial charge in [-0.05, 0) is 27.2 Å². The number of carbonyl (C=O) groups excluding carboxylic acids is 1. The lowest BCUT2D eigenvalue weighted by atomic mass is 9.88. The predicted octanol–water partition coefficient (Wildman–Crippen LogP) is 2.53. The molecule has 0 spiro atoms. The first kappa shape index (κ1) is 16.5. The molecule has 1 amide bonds. The molecule has 0 radical (unpaired) electrons. The first-order valence-electron chi connectivity index (χ1n) is 5.90. The van der Waals surface area contributed by atoms with Crippen LogP contribution in [-0.4, -0.2) is 34.8 Å². The van der Waals surface area contributed by atoms with Crippen LogP contribution in [-0.2, 0) is 4.74 Å². The second kappa shape index (κ2) is 6.45. The topological polar surface area (TPSA) is 58.6 Å². The summed E-state index contributed by atoms with van der Waals surface area (Å²) in [6.07, 6.45) is 0.0746. The molecule has 0 aromatic heterocycles. The lowest BCUT2D eigenvalue weighted by Crippen LogP contribution is -2.45. The summed E-state index contributed by atoms with van der Waals surface area (Å²) in [7, 11) is 0. The number of ether oxygens (including phenoxy) is 1. The Hall–Kier alpha value is -0.480. The van der Waals surface area contributed by atoms with Gasteiger partial charge in [0.05, 0.1) is 11.5 Å². The zero-order valence-corrected chi connectivity index (χ0v) is 12.1. The van der Waals surface area contributed by atoms with Crippen LogP contribution < -0.4 is 5.32 Å². The molecule has 0 saturated heterocycles. The normalized spacial score (nSPS) is 17.1. The van der Waals surface area contributed by atoms with Crippen molar-refractivity contribution >= 4 is 17.7 Å². The van der Waals surface area contributed by atoms with Crippen molar-refractivity contribution in [3.05, 3.63) is 0 Å². The second-order valence-electron chi connectivity index (χ2n) is 5.37. The van der Waals surface area contributed by atoms with Crippen LogP contribution in [0, 0.1) is 5.92 Å². The van der Waals surface area contributed by atoms with Gasteiger partial charge < -0.3 is 15.2 Å². The molecule has 2 N–H and O–H groups in total. The van der Waals surface area contributed by atoms with E-state index in [0.717, 1.165) is 0 Å². The van der Waals surface area contributed by atoms with Crippen LogP contribution in [0.3, 0.4) is 0 Å². The number of halogens is 1. The van der Waals surface area contributed by atoms with Crippen LogP contribution in [0.4, 0.5) is 4.79 Å². The quantitative estimate of drug-likeness (QED) is 0.751. The smallest absolute Gasteiger partial charge is 0.407 e. The van der Waals surface area contributed by atoms with E-state index in [0.29, 0.717) is 13.0 Å². The Morgan fingerprint density at radius 2 is 2.00 bits per heavy atom. The van der Waals surface area contributed by atoms with Crippen LogP contribution in [0.15, 0.2) is 0 Å². The minimum Gasteiger partial charge on any atom is -0.444 e. The third kappa shape index (κ3) is 6.13. The highest BCUT2D eigenvalue weighted by Gasteiger charge is 2.31. The number of hydrogen-bond acceptors (Lipinski definition) is 3. The van der Waals surface area contributed by atoms with Gasteiger partial charge in [-0.25, -0.2) is 4.79 Å². The monoisotopic (exact) mass is 265 g/mol. The average molecular weight is 266 g/mol. The second-order valence-corrected chi connectivity index (χ2v) is 5.64. The number of rotatable bonds is 5. The summed E-state index contributed by atoms with van der Waals surface area (Å²) >= 11 is 5.73. The van der Waals surface area contributed by atoms with Crippen molar-refractivity contribution < 1.29 is 14.6 Å². The standard InChI is InChI=1S/C12H24ClNO3/c1-6-12(16,8-13)9(2)7-14-10(15)17-11(3,4)5/h9,16H,6-8H2,1-5H3,(H,14,15). The average Bonchev–Trinajstić information content (AvgIpc) is 2.22. The Balaban J connectivity index is 4.16. The highest BCUT2D eigenvalue weighted by molar-refractivity contribution is 6.18. The van der Waals surface area contributed by atoms with E-state index in [4.69, 9.17) is 16.3 Å². The molecular formula is C12H24ClNO3. The van der Waals surface area contributed by atoms with Crippen LogP contribution >= 0.6 is 11.6 Å². The van der Waals surface area contributed by atoms with E-state index in [2.05, 4.69) is 5.32 Å². The maximum Gasteiger partial charge on any atom is 0.407 e. The fraction of sp³-hybridized carbons (Fsp3) is 0.917. The van der Waals surface area contributed by atoms with Gasteiger partial charge in [-0.15, -0.1) is 11.6 Å². The number of alkyl carbamates (subject to hydrolysis) is 1. The molecule has 0 aliphatic heterocycles. The molecule has 0 aliphatic carbocycles. The first-order valence-corrected chi connectivity index (χ1v) is 6.43. The van der Waals surface area contributed by atoms with Gasteiger partial charge in [-0.1, -0.05) is 13.8 Å². The molecule has 0 fully saturated rings. The molecule has 0 aromatic carbocycles. The molecule has 2 unspecified atom stereocenters. The largest absolute Gasteiger partial charge is 0.444 e. The molecule has 0 heterocycles. The molecule has 0 saturated carbocycles. The number of aliphatic hydroxyl groups is 1. The third-order valence-corrected chi connectivity index (χ3v) is 3.18. The van der Waals surface area contributed by atoms with E-state index in [-0.39, 0.29) is 11.8 Å². The number of hydrogen-bond donors (Lipinski definition) is 2. The van der Waals surface area contributed by atoms with Crippen molar-refractivity contribution in [3.8, 4) is 0 Å². The summed E-state index contributed by atoms with van der Waals surface area (Å²) in [5.74, 6) is 0.0261. The first-order chi connectivity index (χ1) is 7.64. The van der Waals surface area contributed by atoms with Crippen molar-refractivity contribution in [2.75, 3.05) is 12.4 Å². The molecule has 0 rings (SSSR count). The van der Waals surface area contributed by atoms with Crippen molar-refractivity contribution in [2.45, 2.75) is 52.2 Å². The van der Waals surface area contributed by atoms with E-state index < -0.39 is 17.3 Å². The predicted molar refractivity (Wildman–Crippen MR) is 69.4 cm³/mol. The maximum absolute atomic E-state index is 11.4. The Labute approximate surface area is 109 Å². The Morgan fingerprint density at radius 3 is 2.35 bits per heavy atom. The number of amides is 1. The number of alkyl halides is 1. The van der Waals surface area contributed by atoms with Gasteiger partial charge in [0.2, 0.25) is 0 Å². The number of carbonyl (C=O) groups is 1. The summed E-state index contributed by atoms with van der Waals surface area (Å²) in [5.41, 5.74) is -1.46. The summed E-state index contributed by atoms with van der Waals surface area (Å²) in [6, 6.07) is 0. The van der Waals surface area contributed by atoms with Crippen LogP contribution in [0.25, 0.3) is 0 Å². The summed E-state index contributed by atoms with van der Waals surface area (Å²) in [5, 5.41) is 12.8. The van der Waals surface area contributed by atoms with Gasteiger partial charge in [-0.2, -0.15) is 0 Å². The SMILES string of the molecule is CCC(O)(CCl)C(C)CNC(=O)OC(C)(C)C. The number of nitrogens with one attached hydrogen (secondary N) is 1. The molecule has 0 aromatic rings. The molecular weight excluding hydrogens is 242 g/mol. The highest BCUT2D eigenvalue weighted by atomic mass is 35.5. The Kier molecular flexibility index (Phi) is 6.27. The third-order valence-electron chi connectivity index (χ3n) is 2.71. The van der Waals surface area contributed by atoms with Gasteiger partial charge in [-0.3, -0.25) is 0 Å². The zero-order chi connectivity index (χ0) is 13.7. The lowest BCUT2D eigenvalue weighted by Gasteiger charge is -2.31. The highest BCUT2D eigenvalue weighted by Crippen LogP contribution is 2.22. The van der Waals surface area contributed by atoms with E-state index >= 15 is 0 Å². The molecule has 0 aliphatic rings. The zero-order valence-electron chi connectivity index (χ0n) is 11.3. The van der Waals surface area contributed by atoms with E-state index in [1.807, 2.05) is 13.8 Å². The van der Waals surface area contributed by atoms with Crippen LogP contribution in [0.1, 0.15) is 41.0 Å². The molecule has 4 nitrogen and oxygen atoms in total. The minimum atomic E-state index is -0.948. The summed E-state index contributed by atoms with van der Waals surface area (Å²) in [6.45, 7) is 9.47. The van der Waals surface area contributed by atoms with Crippen LogP contribution in [0.5, 0.6) is 0 Å². The summed E-state index contributed by atoms with van der Waals surface area (Å²) < 4.78 is 5.10. The van der Waals surface area contributed by atoms with E-state index in [9.17, 15) is 9.90 Å². The molecule has 5 heteroatoms. The van der Waals surface area contributed by atoms with E-state index in [1.165, 1.54) is 0 Å². The van der Waals surface area contributed by atoms with Crippen molar-refractivity contribution in [1.29, 1.82) is 0 Å². The lowest BCUT2D eigenvalue weighted by molar-refractivity contribution is 0.00401. The molecule has 102 valence electrons. The van der Waals surface area contributed by atoms with Gasteiger partial charge in [0, 0.05) is 12.5 Å². The minimum absolute atomic E-state index is 0.127. The molecule has 17 heavy (non-hydrogen) atoms. The van der Waals surface area contributed by atoms with Crippen molar-refractivity contribution in [2.24, 2.45) is 5.92 Å². The van der Waals surface area contributed by atoms with Crippen molar-refractivity contribution in [3.63, 3.8) is 0 Å². The van der Waals surface area contributed by atoms with Gasteiger partial charge in [0.1, 0.15) is 5.60 Å². The van der Waals surface area contributed by atoms with Gasteiger partial charge in [0.15, 0.2) is 0 Å². The maximum atomic E-state index is 11.4. The fourth-order valence-corrected chi connectivity index (χ4v) is 1.77. The van der Waals surface area contributed by atoms with Gasteiger partial charge in [0.25, 0.3) is 0 Å². The van der Waals surface area contributed by atoms with E-state index in [1.54, 1.807) is 20.8 Å². The fourth-order valence-electron chi connectivity index (χ4n) is 1.32. The Bertz CT molecular complexity index is 247. The van der Waals surface area contributed by atoms with Gasteiger partial charge >= 0.3 is 6.09 Å². The van der Waals surface area contributed by atoms with Crippen molar-refractivity contribution in [1.82, 2.24) is 5.32 Å². The molecule has 2 atom stereocenters. The summed E-state index contributed by atoms with van der Waals surface area (Å²) in [4.78, 5) is 11.4. The molecule has 0 bridgehead atoms.